The summed E-state index contributed by atoms with van der Waals surface area (Å²) < 4.78 is 1.59. The van der Waals surface area contributed by atoms with E-state index >= 15 is 0 Å². The van der Waals surface area contributed by atoms with Crippen molar-refractivity contribution in [1.29, 1.82) is 0 Å². The van der Waals surface area contributed by atoms with Crippen molar-refractivity contribution in [3.05, 3.63) is 36.2 Å². The molecule has 0 radical (unpaired) electrons. The lowest BCUT2D eigenvalue weighted by Gasteiger charge is -2.14. The Morgan fingerprint density at radius 1 is 1.22 bits per heavy atom. The summed E-state index contributed by atoms with van der Waals surface area (Å²) in [6, 6.07) is 8.22. The van der Waals surface area contributed by atoms with Crippen LogP contribution in [0.3, 0.4) is 0 Å². The van der Waals surface area contributed by atoms with E-state index in [0.29, 0.717) is 0 Å². The molecular weight excluding hydrogens is 222 g/mol. The van der Waals surface area contributed by atoms with E-state index in [1.807, 2.05) is 39.3 Å². The Labute approximate surface area is 108 Å². The average molecular weight is 240 g/mol. The van der Waals surface area contributed by atoms with Crippen molar-refractivity contribution in [2.45, 2.75) is 13.3 Å². The largest absolute Gasteiger partial charge is 0.377 e. The van der Waals surface area contributed by atoms with E-state index in [1.165, 1.54) is 11.1 Å². The molecule has 0 atom stereocenters. The minimum Gasteiger partial charge on any atom is -0.377 e. The average Bonchev–Trinajstić information content (AvgIpc) is 2.36. The van der Waals surface area contributed by atoms with Crippen molar-refractivity contribution in [3.63, 3.8) is 0 Å². The Bertz CT molecular complexity index is 633. The highest BCUT2D eigenvalue weighted by Gasteiger charge is 2.13. The highest BCUT2D eigenvalue weighted by atomic mass is 15.3. The van der Waals surface area contributed by atoms with Gasteiger partial charge >= 0.3 is 0 Å². The lowest BCUT2D eigenvalue weighted by atomic mass is 10.1. The highest BCUT2D eigenvalue weighted by Crippen LogP contribution is 2.25. The van der Waals surface area contributed by atoms with E-state index in [9.17, 15) is 0 Å². The molecule has 1 aromatic heterocycles. The summed E-state index contributed by atoms with van der Waals surface area (Å²) in [6.45, 7) is 2.03. The molecule has 3 heteroatoms. The van der Waals surface area contributed by atoms with Gasteiger partial charge in [-0.05, 0) is 12.1 Å². The first kappa shape index (κ1) is 12.3. The van der Waals surface area contributed by atoms with E-state index in [4.69, 9.17) is 5.84 Å². The Morgan fingerprint density at radius 2 is 2.00 bits per heavy atom. The van der Waals surface area contributed by atoms with Crippen molar-refractivity contribution in [3.8, 4) is 11.8 Å². The second-order valence-corrected chi connectivity index (χ2v) is 4.36. The molecule has 92 valence electrons. The third-order valence-electron chi connectivity index (χ3n) is 2.86. The molecular formula is C15H18N3+. The Morgan fingerprint density at radius 3 is 2.67 bits per heavy atom. The van der Waals surface area contributed by atoms with Crippen LogP contribution >= 0.6 is 0 Å². The predicted octanol–water partition coefficient (Wildman–Crippen LogP) is 1.67. The first-order valence-corrected chi connectivity index (χ1v) is 6.03. The summed E-state index contributed by atoms with van der Waals surface area (Å²) >= 11 is 0. The fourth-order valence-corrected chi connectivity index (χ4v) is 2.00. The Hall–Kier alpha value is -2.21. The number of rotatable bonds is 1. The number of aromatic nitrogens is 1. The van der Waals surface area contributed by atoms with E-state index < -0.39 is 0 Å². The quantitative estimate of drug-likeness (QED) is 0.467. The van der Waals surface area contributed by atoms with Crippen LogP contribution in [0.1, 0.15) is 19.0 Å². The van der Waals surface area contributed by atoms with Gasteiger partial charge < -0.3 is 4.90 Å². The number of hydrogen-bond acceptors (Lipinski definition) is 2. The molecule has 2 rings (SSSR count). The molecule has 0 aliphatic heterocycles. The van der Waals surface area contributed by atoms with Crippen LogP contribution in [-0.2, 0) is 0 Å². The van der Waals surface area contributed by atoms with Gasteiger partial charge in [-0.3, -0.25) is 0 Å². The molecule has 0 spiro atoms. The molecule has 0 saturated heterocycles. The van der Waals surface area contributed by atoms with Gasteiger partial charge in [0.1, 0.15) is 0 Å². The zero-order chi connectivity index (χ0) is 13.1. The van der Waals surface area contributed by atoms with Gasteiger partial charge in [-0.1, -0.05) is 23.6 Å². The molecule has 0 fully saturated rings. The number of anilines is 1. The molecule has 0 saturated carbocycles. The maximum atomic E-state index is 5.95. The smallest absolute Gasteiger partial charge is 0.293 e. The zero-order valence-electron chi connectivity index (χ0n) is 11.1. The molecule has 0 amide bonds. The second kappa shape index (κ2) is 4.97. The summed E-state index contributed by atoms with van der Waals surface area (Å²) in [7, 11) is 4.07. The fraction of sp³-hybridized carbons (Fsp3) is 0.267. The van der Waals surface area contributed by atoms with Gasteiger partial charge in [0.25, 0.3) is 5.69 Å². The van der Waals surface area contributed by atoms with Crippen LogP contribution in [0.2, 0.25) is 0 Å². The van der Waals surface area contributed by atoms with Crippen LogP contribution in [0, 0.1) is 11.8 Å². The molecule has 0 bridgehead atoms. The third-order valence-corrected chi connectivity index (χ3v) is 2.86. The number of pyridine rings is 1. The molecule has 18 heavy (non-hydrogen) atoms. The standard InChI is InChI=1S/C15H18N3/c1-4-5-8-15-12-7-6-9-14(17(2)3)13(12)10-11-18(15)16/h6-7,9-11H,4,16H2,1-3H3/q+1. The first-order valence-electron chi connectivity index (χ1n) is 6.03. The van der Waals surface area contributed by atoms with E-state index in [1.54, 1.807) is 4.68 Å². The summed E-state index contributed by atoms with van der Waals surface area (Å²) in [5, 5.41) is 2.26. The second-order valence-electron chi connectivity index (χ2n) is 4.36. The molecule has 3 nitrogen and oxygen atoms in total. The Balaban J connectivity index is 2.78. The number of nitrogens with two attached hydrogens (primary N) is 1. The van der Waals surface area contributed by atoms with Crippen LogP contribution in [-0.4, -0.2) is 14.1 Å². The third kappa shape index (κ3) is 2.10. The molecule has 2 N–H and O–H groups in total. The number of nitrogens with zero attached hydrogens (tertiary/aromatic N) is 2. The summed E-state index contributed by atoms with van der Waals surface area (Å²) in [5.41, 5.74) is 2.03. The number of nitrogen functional groups attached to an aromatic ring is 1. The van der Waals surface area contributed by atoms with Crippen molar-refractivity contribution < 1.29 is 4.68 Å². The van der Waals surface area contributed by atoms with Crippen LogP contribution in [0.4, 0.5) is 5.69 Å². The number of fused-ring (bicyclic) bond motifs is 1. The summed E-state index contributed by atoms with van der Waals surface area (Å²) in [6.07, 6.45) is 2.68. The SMILES string of the molecule is CCC#Cc1c2cccc(N(C)C)c2cc[n+]1N. The van der Waals surface area contributed by atoms with Gasteiger partial charge in [0, 0.05) is 43.6 Å². The lowest BCUT2D eigenvalue weighted by molar-refractivity contribution is -0.640. The Kier molecular flexibility index (Phi) is 3.38. The van der Waals surface area contributed by atoms with Crippen LogP contribution in [0.5, 0.6) is 0 Å². The fourth-order valence-electron chi connectivity index (χ4n) is 2.00. The van der Waals surface area contributed by atoms with Gasteiger partial charge in [-0.15, -0.1) is 0 Å². The van der Waals surface area contributed by atoms with Gasteiger partial charge in [0.15, 0.2) is 0 Å². The maximum absolute atomic E-state index is 5.95. The molecule has 2 aromatic rings. The molecule has 0 aliphatic carbocycles. The zero-order valence-corrected chi connectivity index (χ0v) is 11.1. The summed E-state index contributed by atoms with van der Waals surface area (Å²) in [5.74, 6) is 12.2. The van der Waals surface area contributed by atoms with Gasteiger partial charge in [-0.25, -0.2) is 5.84 Å². The first-order chi connectivity index (χ1) is 8.65. The minimum atomic E-state index is 0.823. The van der Waals surface area contributed by atoms with Crippen molar-refractivity contribution in [1.82, 2.24) is 0 Å². The van der Waals surface area contributed by atoms with E-state index in [-0.39, 0.29) is 0 Å². The van der Waals surface area contributed by atoms with E-state index in [0.717, 1.165) is 17.5 Å². The lowest BCUT2D eigenvalue weighted by Crippen LogP contribution is -2.47. The predicted molar refractivity (Wildman–Crippen MR) is 75.8 cm³/mol. The molecule has 1 aromatic carbocycles. The van der Waals surface area contributed by atoms with Gasteiger partial charge in [0.2, 0.25) is 6.20 Å². The van der Waals surface area contributed by atoms with Crippen molar-refractivity contribution >= 4 is 16.5 Å². The summed E-state index contributed by atoms with van der Waals surface area (Å²) in [4.78, 5) is 2.10. The minimum absolute atomic E-state index is 0.823. The normalized spacial score (nSPS) is 9.94. The van der Waals surface area contributed by atoms with E-state index in [2.05, 4.69) is 28.9 Å². The van der Waals surface area contributed by atoms with Gasteiger partial charge in [0.05, 0.1) is 5.39 Å². The number of hydrogen-bond donors (Lipinski definition) is 1. The number of benzene rings is 1. The topological polar surface area (TPSA) is 33.1 Å². The van der Waals surface area contributed by atoms with Crippen LogP contribution < -0.4 is 15.4 Å². The van der Waals surface area contributed by atoms with Crippen LogP contribution in [0.25, 0.3) is 10.8 Å². The monoisotopic (exact) mass is 240 g/mol. The van der Waals surface area contributed by atoms with Crippen LogP contribution in [0.15, 0.2) is 30.5 Å². The van der Waals surface area contributed by atoms with Crippen molar-refractivity contribution in [2.24, 2.45) is 0 Å². The van der Waals surface area contributed by atoms with Crippen molar-refractivity contribution in [2.75, 3.05) is 24.8 Å². The molecule has 1 heterocycles. The maximum Gasteiger partial charge on any atom is 0.293 e. The highest BCUT2D eigenvalue weighted by molar-refractivity contribution is 5.95. The molecule has 0 aliphatic rings. The van der Waals surface area contributed by atoms with Gasteiger partial charge in [-0.2, -0.15) is 0 Å². The molecule has 0 unspecified atom stereocenters.